The van der Waals surface area contributed by atoms with Crippen LogP contribution in [0.2, 0.25) is 0 Å². The molecule has 4 aromatic rings. The van der Waals surface area contributed by atoms with Gasteiger partial charge in [-0.3, -0.25) is 4.98 Å². The van der Waals surface area contributed by atoms with Crippen molar-refractivity contribution in [3.63, 3.8) is 0 Å². The van der Waals surface area contributed by atoms with E-state index in [0.717, 1.165) is 34.6 Å². The van der Waals surface area contributed by atoms with Gasteiger partial charge in [0.2, 0.25) is 20.0 Å². The van der Waals surface area contributed by atoms with E-state index < -0.39 is 37.6 Å². The number of pyridine rings is 1. The Bertz CT molecular complexity index is 1830. The van der Waals surface area contributed by atoms with Gasteiger partial charge in [-0.1, -0.05) is 6.07 Å². The Hall–Kier alpha value is -3.11. The molecule has 3 aromatic carbocycles. The van der Waals surface area contributed by atoms with Crippen molar-refractivity contribution in [2.45, 2.75) is 16.0 Å². The van der Waals surface area contributed by atoms with Crippen LogP contribution in [0.25, 0.3) is 10.9 Å². The molecule has 0 bridgehead atoms. The number of anilines is 2. The fourth-order valence-electron chi connectivity index (χ4n) is 4.39. The summed E-state index contributed by atoms with van der Waals surface area (Å²) in [5.41, 5.74) is 0.325. The van der Waals surface area contributed by atoms with E-state index in [9.17, 15) is 34.4 Å². The molecule has 1 aliphatic rings. The Balaban J connectivity index is 1.28. The molecule has 15 heteroatoms. The first-order valence-corrected chi connectivity index (χ1v) is 15.7. The monoisotopic (exact) mass is 672 g/mol. The van der Waals surface area contributed by atoms with Gasteiger partial charge in [0.05, 0.1) is 25.3 Å². The Morgan fingerprint density at radius 1 is 0.780 bits per heavy atom. The molecule has 1 aromatic heterocycles. The molecule has 0 amide bonds. The summed E-state index contributed by atoms with van der Waals surface area (Å²) in [7, 11) is -7.89. The highest BCUT2D eigenvalue weighted by Gasteiger charge is 2.34. The Labute approximate surface area is 241 Å². The molecular formula is C26H21BrF4N4O4S2. The number of piperazine rings is 1. The third-order valence-corrected chi connectivity index (χ3v) is 11.0. The number of hydrogen-bond donors (Lipinski definition) is 1. The van der Waals surface area contributed by atoms with E-state index in [0.29, 0.717) is 16.8 Å². The van der Waals surface area contributed by atoms with Crippen LogP contribution in [0, 0.1) is 5.82 Å². The fraction of sp³-hybridized carbons (Fsp3) is 0.192. The number of fused-ring (bicyclic) bond motifs is 1. The van der Waals surface area contributed by atoms with Crippen LogP contribution in [0.4, 0.5) is 28.9 Å². The lowest BCUT2D eigenvalue weighted by Gasteiger charge is -2.33. The average Bonchev–Trinajstić information content (AvgIpc) is 2.94. The summed E-state index contributed by atoms with van der Waals surface area (Å²) in [6, 6.07) is 14.0. The van der Waals surface area contributed by atoms with Gasteiger partial charge in [-0.25, -0.2) is 21.2 Å². The zero-order valence-electron chi connectivity index (χ0n) is 20.9. The smallest absolute Gasteiger partial charge is 0.355 e. The SMILES string of the molecule is O=S(=O)(c1ccc(Nc2ccnc3cc(C(F)(F)F)ccc23)cc1)N1CCN(S(=O)(=O)c2ccc(F)c(Br)c2)CC1. The van der Waals surface area contributed by atoms with Crippen LogP contribution in [0.5, 0.6) is 0 Å². The maximum atomic E-state index is 13.5. The minimum absolute atomic E-state index is 0.00349. The predicted octanol–water partition coefficient (Wildman–Crippen LogP) is 5.59. The minimum Gasteiger partial charge on any atom is -0.355 e. The molecule has 1 N–H and O–H groups in total. The van der Waals surface area contributed by atoms with Gasteiger partial charge in [-0.15, -0.1) is 0 Å². The summed E-state index contributed by atoms with van der Waals surface area (Å²) in [4.78, 5) is 3.91. The molecule has 1 aliphatic heterocycles. The summed E-state index contributed by atoms with van der Waals surface area (Å²) >= 11 is 2.98. The van der Waals surface area contributed by atoms with Gasteiger partial charge < -0.3 is 5.32 Å². The lowest BCUT2D eigenvalue weighted by atomic mass is 10.1. The van der Waals surface area contributed by atoms with E-state index in [4.69, 9.17) is 0 Å². The number of halogens is 5. The molecule has 0 unspecified atom stereocenters. The summed E-state index contributed by atoms with van der Waals surface area (Å²) in [5, 5.41) is 3.54. The minimum atomic E-state index is -4.50. The highest BCUT2D eigenvalue weighted by Crippen LogP contribution is 2.33. The van der Waals surface area contributed by atoms with Gasteiger partial charge in [-0.05, 0) is 76.6 Å². The number of alkyl halides is 3. The molecule has 5 rings (SSSR count). The average molecular weight is 674 g/mol. The van der Waals surface area contributed by atoms with Crippen molar-refractivity contribution in [3.8, 4) is 0 Å². The molecule has 0 aliphatic carbocycles. The molecule has 1 fully saturated rings. The van der Waals surface area contributed by atoms with Crippen molar-refractivity contribution < 1.29 is 34.4 Å². The number of sulfonamides is 2. The van der Waals surface area contributed by atoms with Crippen molar-refractivity contribution in [3.05, 3.63) is 88.8 Å². The Morgan fingerprint density at radius 2 is 1.37 bits per heavy atom. The van der Waals surface area contributed by atoms with Gasteiger partial charge in [0.15, 0.2) is 0 Å². The zero-order valence-corrected chi connectivity index (χ0v) is 24.2. The number of rotatable bonds is 6. The molecule has 41 heavy (non-hydrogen) atoms. The molecular weight excluding hydrogens is 652 g/mol. The van der Waals surface area contributed by atoms with E-state index in [1.165, 1.54) is 40.8 Å². The lowest BCUT2D eigenvalue weighted by Crippen LogP contribution is -2.50. The van der Waals surface area contributed by atoms with Crippen molar-refractivity contribution in [2.75, 3.05) is 31.5 Å². The van der Waals surface area contributed by atoms with E-state index >= 15 is 0 Å². The topological polar surface area (TPSA) is 99.7 Å². The molecule has 216 valence electrons. The van der Waals surface area contributed by atoms with Gasteiger partial charge >= 0.3 is 6.18 Å². The molecule has 0 saturated carbocycles. The molecule has 1 saturated heterocycles. The number of aromatic nitrogens is 1. The normalized spacial score (nSPS) is 15.7. The summed E-state index contributed by atoms with van der Waals surface area (Å²) in [6.45, 7) is -0.317. The number of nitrogens with zero attached hydrogens (tertiary/aromatic N) is 3. The van der Waals surface area contributed by atoms with Crippen molar-refractivity contribution in [2.24, 2.45) is 0 Å². The van der Waals surface area contributed by atoms with Crippen LogP contribution < -0.4 is 5.32 Å². The number of hydrogen-bond acceptors (Lipinski definition) is 6. The first kappa shape index (κ1) is 29.4. The standard InChI is InChI=1S/C26H21BrF4N4O4S2/c27-22-16-20(6-8-23(22)28)41(38,39)35-13-11-34(12-14-35)40(36,37)19-4-2-18(3-5-19)33-24-9-10-32-25-15-17(26(29,30)31)1-7-21(24)25/h1-10,15-16H,11-14H2,(H,32,33). The quantitative estimate of drug-likeness (QED) is 0.268. The van der Waals surface area contributed by atoms with Crippen LogP contribution in [-0.2, 0) is 26.2 Å². The zero-order chi connectivity index (χ0) is 29.6. The summed E-state index contributed by atoms with van der Waals surface area (Å²) in [6.07, 6.45) is -3.13. The fourth-order valence-corrected chi connectivity index (χ4v) is 7.79. The molecule has 0 radical (unpaired) electrons. The molecule has 0 atom stereocenters. The summed E-state index contributed by atoms with van der Waals surface area (Å²) in [5.74, 6) is -0.602. The highest BCUT2D eigenvalue weighted by molar-refractivity contribution is 9.10. The van der Waals surface area contributed by atoms with Crippen LogP contribution in [0.1, 0.15) is 5.56 Å². The van der Waals surface area contributed by atoms with E-state index in [2.05, 4.69) is 26.2 Å². The third kappa shape index (κ3) is 5.95. The Morgan fingerprint density at radius 3 is 1.95 bits per heavy atom. The molecule has 2 heterocycles. The maximum absolute atomic E-state index is 13.5. The van der Waals surface area contributed by atoms with Crippen molar-refractivity contribution in [1.29, 1.82) is 0 Å². The summed E-state index contributed by atoms with van der Waals surface area (Å²) < 4.78 is 107. The van der Waals surface area contributed by atoms with Crippen LogP contribution in [0.3, 0.4) is 0 Å². The van der Waals surface area contributed by atoms with Gasteiger partial charge in [0, 0.05) is 49.1 Å². The van der Waals surface area contributed by atoms with Gasteiger partial charge in [0.25, 0.3) is 0 Å². The second kappa shape index (κ2) is 10.9. The van der Waals surface area contributed by atoms with E-state index in [1.807, 2.05) is 0 Å². The third-order valence-electron chi connectivity index (χ3n) is 6.57. The second-order valence-corrected chi connectivity index (χ2v) is 13.9. The largest absolute Gasteiger partial charge is 0.416 e. The lowest BCUT2D eigenvalue weighted by molar-refractivity contribution is -0.137. The Kier molecular flexibility index (Phi) is 7.84. The van der Waals surface area contributed by atoms with Crippen LogP contribution in [0.15, 0.2) is 87.2 Å². The predicted molar refractivity (Wildman–Crippen MR) is 148 cm³/mol. The van der Waals surface area contributed by atoms with Crippen LogP contribution in [-0.4, -0.2) is 56.6 Å². The van der Waals surface area contributed by atoms with Crippen molar-refractivity contribution in [1.82, 2.24) is 13.6 Å². The number of benzene rings is 3. The maximum Gasteiger partial charge on any atom is 0.416 e. The first-order chi connectivity index (χ1) is 19.3. The van der Waals surface area contributed by atoms with Crippen molar-refractivity contribution >= 4 is 58.3 Å². The second-order valence-electron chi connectivity index (χ2n) is 9.12. The van der Waals surface area contributed by atoms with E-state index in [-0.39, 0.29) is 46.0 Å². The first-order valence-electron chi connectivity index (χ1n) is 12.1. The highest BCUT2D eigenvalue weighted by atomic mass is 79.9. The van der Waals surface area contributed by atoms with Gasteiger partial charge in [0.1, 0.15) is 5.82 Å². The van der Waals surface area contributed by atoms with E-state index in [1.54, 1.807) is 6.07 Å². The number of nitrogens with one attached hydrogen (secondary N) is 1. The molecule has 0 spiro atoms. The molecule has 8 nitrogen and oxygen atoms in total. The van der Waals surface area contributed by atoms with Gasteiger partial charge in [-0.2, -0.15) is 21.8 Å². The van der Waals surface area contributed by atoms with Crippen LogP contribution >= 0.6 is 15.9 Å².